The van der Waals surface area contributed by atoms with Crippen molar-refractivity contribution in [3.8, 4) is 0 Å². The van der Waals surface area contributed by atoms with E-state index in [-0.39, 0.29) is 11.9 Å². The number of hydrogen-bond acceptors (Lipinski definition) is 3. The van der Waals surface area contributed by atoms with Crippen molar-refractivity contribution in [3.63, 3.8) is 0 Å². The Bertz CT molecular complexity index is 718. The number of carbonyl (C=O) groups excluding carboxylic acids is 2. The third-order valence-electron chi connectivity index (χ3n) is 3.75. The fraction of sp³-hybridized carbons (Fsp3) is 0.375. The lowest BCUT2D eigenvalue weighted by molar-refractivity contribution is 0.0526. The maximum atomic E-state index is 12.1. The lowest BCUT2D eigenvalue weighted by Crippen LogP contribution is -2.25. The van der Waals surface area contributed by atoms with Crippen molar-refractivity contribution in [3.05, 3.63) is 35.5 Å². The molecule has 5 nitrogen and oxygen atoms in total. The molecule has 2 aromatic rings. The predicted octanol–water partition coefficient (Wildman–Crippen LogP) is 2.20. The number of esters is 1. The third-order valence-corrected chi connectivity index (χ3v) is 3.75. The standard InChI is InChI=1S/C16H18N2O3/c1-3-21-16(20)12-5-4-11-6-14-15(19)17-8-10(2)9-18(14)13(11)7-12/h4-7,10H,3,8-9H2,1-2H3,(H,17,19). The average Bonchev–Trinajstić information content (AvgIpc) is 2.76. The minimum atomic E-state index is -0.332. The molecular formula is C16H18N2O3. The smallest absolute Gasteiger partial charge is 0.338 e. The Morgan fingerprint density at radius 3 is 3.00 bits per heavy atom. The summed E-state index contributed by atoms with van der Waals surface area (Å²) in [6.45, 7) is 5.65. The van der Waals surface area contributed by atoms with E-state index in [9.17, 15) is 9.59 Å². The van der Waals surface area contributed by atoms with E-state index < -0.39 is 0 Å². The molecule has 1 atom stereocenters. The van der Waals surface area contributed by atoms with Crippen molar-refractivity contribution in [2.75, 3.05) is 13.2 Å². The molecule has 110 valence electrons. The fourth-order valence-corrected chi connectivity index (χ4v) is 2.71. The number of fused-ring (bicyclic) bond motifs is 3. The van der Waals surface area contributed by atoms with Gasteiger partial charge in [0.25, 0.3) is 5.91 Å². The summed E-state index contributed by atoms with van der Waals surface area (Å²) in [6, 6.07) is 7.28. The summed E-state index contributed by atoms with van der Waals surface area (Å²) in [5.41, 5.74) is 2.07. The first-order chi connectivity index (χ1) is 10.1. The summed E-state index contributed by atoms with van der Waals surface area (Å²) in [4.78, 5) is 24.0. The summed E-state index contributed by atoms with van der Waals surface area (Å²) < 4.78 is 7.03. The van der Waals surface area contributed by atoms with Crippen LogP contribution in [-0.2, 0) is 11.3 Å². The highest BCUT2D eigenvalue weighted by atomic mass is 16.5. The lowest BCUT2D eigenvalue weighted by Gasteiger charge is -2.10. The van der Waals surface area contributed by atoms with Crippen molar-refractivity contribution in [2.45, 2.75) is 20.4 Å². The van der Waals surface area contributed by atoms with Gasteiger partial charge in [-0.15, -0.1) is 0 Å². The van der Waals surface area contributed by atoms with Crippen LogP contribution in [0.25, 0.3) is 10.9 Å². The molecule has 0 aliphatic carbocycles. The van der Waals surface area contributed by atoms with Gasteiger partial charge in [0.05, 0.1) is 12.2 Å². The van der Waals surface area contributed by atoms with Crippen LogP contribution < -0.4 is 5.32 Å². The van der Waals surface area contributed by atoms with E-state index in [0.717, 1.165) is 17.4 Å². The van der Waals surface area contributed by atoms with Crippen LogP contribution in [0.15, 0.2) is 24.3 Å². The van der Waals surface area contributed by atoms with E-state index in [0.29, 0.717) is 30.3 Å². The van der Waals surface area contributed by atoms with Crippen LogP contribution in [0.5, 0.6) is 0 Å². The number of amides is 1. The summed E-state index contributed by atoms with van der Waals surface area (Å²) in [5, 5.41) is 3.88. The van der Waals surface area contributed by atoms with Crippen LogP contribution >= 0.6 is 0 Å². The van der Waals surface area contributed by atoms with Gasteiger partial charge in [0, 0.05) is 24.0 Å². The fourth-order valence-electron chi connectivity index (χ4n) is 2.71. The van der Waals surface area contributed by atoms with E-state index in [1.165, 1.54) is 0 Å². The minimum absolute atomic E-state index is 0.0618. The number of nitrogens with one attached hydrogen (secondary N) is 1. The van der Waals surface area contributed by atoms with Gasteiger partial charge in [0.1, 0.15) is 5.69 Å². The molecule has 0 saturated heterocycles. The molecule has 1 aliphatic rings. The SMILES string of the molecule is CCOC(=O)c1ccc2cc3n(c2c1)CC(C)CNC3=O. The highest BCUT2D eigenvalue weighted by molar-refractivity contribution is 6.01. The van der Waals surface area contributed by atoms with E-state index in [2.05, 4.69) is 12.2 Å². The Balaban J connectivity index is 2.12. The van der Waals surface area contributed by atoms with Gasteiger partial charge in [0.15, 0.2) is 0 Å². The number of aromatic nitrogens is 1. The first-order valence-electron chi connectivity index (χ1n) is 7.18. The molecule has 0 radical (unpaired) electrons. The molecule has 21 heavy (non-hydrogen) atoms. The lowest BCUT2D eigenvalue weighted by atomic mass is 10.1. The van der Waals surface area contributed by atoms with E-state index in [1.54, 1.807) is 13.0 Å². The summed E-state index contributed by atoms with van der Waals surface area (Å²) in [5.74, 6) is -0.0497. The Morgan fingerprint density at radius 2 is 2.24 bits per heavy atom. The molecule has 1 N–H and O–H groups in total. The van der Waals surface area contributed by atoms with Crippen LogP contribution in [-0.4, -0.2) is 29.6 Å². The summed E-state index contributed by atoms with van der Waals surface area (Å²) >= 11 is 0. The van der Waals surface area contributed by atoms with Crippen molar-refractivity contribution in [1.29, 1.82) is 0 Å². The number of hydrogen-bond donors (Lipinski definition) is 1. The Hall–Kier alpha value is -2.30. The number of carbonyl (C=O) groups is 2. The zero-order valence-corrected chi connectivity index (χ0v) is 12.2. The number of ether oxygens (including phenoxy) is 1. The Labute approximate surface area is 122 Å². The maximum absolute atomic E-state index is 12.1. The summed E-state index contributed by atoms with van der Waals surface area (Å²) in [7, 11) is 0. The van der Waals surface area contributed by atoms with Crippen molar-refractivity contribution in [2.24, 2.45) is 5.92 Å². The van der Waals surface area contributed by atoms with E-state index in [1.807, 2.05) is 22.8 Å². The number of rotatable bonds is 2. The number of benzene rings is 1. The van der Waals surface area contributed by atoms with Crippen molar-refractivity contribution < 1.29 is 14.3 Å². The highest BCUT2D eigenvalue weighted by Gasteiger charge is 2.22. The van der Waals surface area contributed by atoms with Gasteiger partial charge in [0.2, 0.25) is 0 Å². The highest BCUT2D eigenvalue weighted by Crippen LogP contribution is 2.24. The second kappa shape index (κ2) is 5.24. The van der Waals surface area contributed by atoms with Gasteiger partial charge < -0.3 is 14.6 Å². The number of nitrogens with zero attached hydrogens (tertiary/aromatic N) is 1. The molecule has 1 aliphatic heterocycles. The molecule has 0 fully saturated rings. The molecule has 1 aromatic heterocycles. The maximum Gasteiger partial charge on any atom is 0.338 e. The van der Waals surface area contributed by atoms with Gasteiger partial charge in [-0.05, 0) is 31.0 Å². The molecule has 1 aromatic carbocycles. The topological polar surface area (TPSA) is 60.3 Å². The second-order valence-electron chi connectivity index (χ2n) is 5.45. The molecular weight excluding hydrogens is 268 g/mol. The minimum Gasteiger partial charge on any atom is -0.462 e. The van der Waals surface area contributed by atoms with Crippen molar-refractivity contribution >= 4 is 22.8 Å². The second-order valence-corrected chi connectivity index (χ2v) is 5.45. The van der Waals surface area contributed by atoms with Gasteiger partial charge in [-0.25, -0.2) is 4.79 Å². The van der Waals surface area contributed by atoms with E-state index >= 15 is 0 Å². The van der Waals surface area contributed by atoms with E-state index in [4.69, 9.17) is 4.74 Å². The first kappa shape index (κ1) is 13.7. The van der Waals surface area contributed by atoms with Gasteiger partial charge in [-0.2, -0.15) is 0 Å². The Kier molecular flexibility index (Phi) is 3.41. The van der Waals surface area contributed by atoms with Gasteiger partial charge >= 0.3 is 5.97 Å². The molecule has 1 amide bonds. The monoisotopic (exact) mass is 286 g/mol. The quantitative estimate of drug-likeness (QED) is 0.861. The normalized spacial score (nSPS) is 18.0. The van der Waals surface area contributed by atoms with Crippen LogP contribution in [0, 0.1) is 5.92 Å². The molecule has 0 bridgehead atoms. The largest absolute Gasteiger partial charge is 0.462 e. The Morgan fingerprint density at radius 1 is 1.43 bits per heavy atom. The average molecular weight is 286 g/mol. The molecule has 0 saturated carbocycles. The van der Waals surface area contributed by atoms with Crippen LogP contribution in [0.4, 0.5) is 0 Å². The zero-order chi connectivity index (χ0) is 15.0. The first-order valence-corrected chi connectivity index (χ1v) is 7.18. The molecule has 1 unspecified atom stereocenters. The molecule has 3 rings (SSSR count). The van der Waals surface area contributed by atoms with Crippen LogP contribution in [0.1, 0.15) is 34.7 Å². The molecule has 2 heterocycles. The third kappa shape index (κ3) is 2.39. The molecule has 5 heteroatoms. The van der Waals surface area contributed by atoms with Crippen LogP contribution in [0.2, 0.25) is 0 Å². The van der Waals surface area contributed by atoms with Gasteiger partial charge in [-0.1, -0.05) is 13.0 Å². The zero-order valence-electron chi connectivity index (χ0n) is 12.2. The van der Waals surface area contributed by atoms with Gasteiger partial charge in [-0.3, -0.25) is 4.79 Å². The summed E-state index contributed by atoms with van der Waals surface area (Å²) in [6.07, 6.45) is 0. The molecule has 0 spiro atoms. The van der Waals surface area contributed by atoms with Crippen LogP contribution in [0.3, 0.4) is 0 Å². The predicted molar refractivity (Wildman–Crippen MR) is 79.4 cm³/mol. The van der Waals surface area contributed by atoms with Crippen molar-refractivity contribution in [1.82, 2.24) is 9.88 Å².